The number of nitrogens with one attached hydrogen (secondary N) is 1. The Labute approximate surface area is 136 Å². The number of aryl methyl sites for hydroxylation is 2. The molecule has 10 heteroatoms. The molecule has 0 aliphatic rings. The van der Waals surface area contributed by atoms with Crippen molar-refractivity contribution < 1.29 is 27.5 Å². The highest BCUT2D eigenvalue weighted by Gasteiger charge is 2.34. The summed E-state index contributed by atoms with van der Waals surface area (Å²) < 4.78 is 43.5. The first-order chi connectivity index (χ1) is 10.7. The van der Waals surface area contributed by atoms with Crippen molar-refractivity contribution in [1.29, 1.82) is 0 Å². The van der Waals surface area contributed by atoms with Gasteiger partial charge in [0.1, 0.15) is 6.04 Å². The number of thiol groups is 1. The van der Waals surface area contributed by atoms with E-state index in [2.05, 4.69) is 23.0 Å². The summed E-state index contributed by atoms with van der Waals surface area (Å²) in [4.78, 5) is 23.3. The second-order valence-corrected chi connectivity index (χ2v) is 5.06. The molecule has 0 bridgehead atoms. The molecule has 0 aliphatic heterocycles. The van der Waals surface area contributed by atoms with Crippen LogP contribution in [0, 0.1) is 6.92 Å². The summed E-state index contributed by atoms with van der Waals surface area (Å²) in [6, 6.07) is 0.0165. The van der Waals surface area contributed by atoms with Crippen molar-refractivity contribution >= 4 is 24.5 Å². The van der Waals surface area contributed by atoms with Gasteiger partial charge in [0.2, 0.25) is 5.91 Å². The molecule has 130 valence electrons. The first-order valence-electron chi connectivity index (χ1n) is 6.87. The smallest absolute Gasteiger partial charge is 0.435 e. The van der Waals surface area contributed by atoms with Crippen molar-refractivity contribution in [3.05, 3.63) is 17.5 Å². The zero-order valence-corrected chi connectivity index (χ0v) is 13.6. The zero-order valence-electron chi connectivity index (χ0n) is 12.7. The van der Waals surface area contributed by atoms with Crippen LogP contribution < -0.4 is 5.32 Å². The van der Waals surface area contributed by atoms with Gasteiger partial charge in [-0.15, -0.1) is 0 Å². The van der Waals surface area contributed by atoms with Crippen molar-refractivity contribution in [3.8, 4) is 0 Å². The molecule has 1 amide bonds. The van der Waals surface area contributed by atoms with Gasteiger partial charge < -0.3 is 10.1 Å². The van der Waals surface area contributed by atoms with Gasteiger partial charge in [0, 0.05) is 24.4 Å². The molecule has 0 saturated carbocycles. The molecular weight excluding hydrogens is 335 g/mol. The Morgan fingerprint density at radius 1 is 1.48 bits per heavy atom. The average Bonchev–Trinajstić information content (AvgIpc) is 2.84. The summed E-state index contributed by atoms with van der Waals surface area (Å²) in [7, 11) is 0. The van der Waals surface area contributed by atoms with E-state index in [0.29, 0.717) is 5.69 Å². The summed E-state index contributed by atoms with van der Waals surface area (Å²) in [5.74, 6) is -1.05. The maximum absolute atomic E-state index is 12.5. The first-order valence-corrected chi connectivity index (χ1v) is 7.50. The fraction of sp³-hybridized carbons (Fsp3) is 0.615. The summed E-state index contributed by atoms with van der Waals surface area (Å²) in [5.41, 5.74) is -0.712. The number of ether oxygens (including phenoxy) is 1. The number of nitrogens with zero attached hydrogens (tertiary/aromatic N) is 2. The third-order valence-corrected chi connectivity index (χ3v) is 3.28. The molecule has 0 saturated heterocycles. The van der Waals surface area contributed by atoms with Gasteiger partial charge in [-0.25, -0.2) is 4.79 Å². The van der Waals surface area contributed by atoms with Crippen LogP contribution in [-0.2, 0) is 27.0 Å². The van der Waals surface area contributed by atoms with E-state index in [0.717, 1.165) is 10.7 Å². The fourth-order valence-corrected chi connectivity index (χ4v) is 2.01. The highest BCUT2D eigenvalue weighted by Crippen LogP contribution is 2.28. The molecule has 0 spiro atoms. The molecule has 0 aliphatic carbocycles. The molecule has 1 atom stereocenters. The number of amides is 1. The van der Waals surface area contributed by atoms with Crippen molar-refractivity contribution in [1.82, 2.24) is 15.1 Å². The summed E-state index contributed by atoms with van der Waals surface area (Å²) in [5, 5.41) is 5.85. The summed E-state index contributed by atoms with van der Waals surface area (Å²) >= 11 is 3.95. The van der Waals surface area contributed by atoms with Gasteiger partial charge in [-0.1, -0.05) is 0 Å². The lowest BCUT2D eigenvalue weighted by Crippen LogP contribution is -2.43. The lowest BCUT2D eigenvalue weighted by Gasteiger charge is -2.15. The number of alkyl halides is 3. The molecule has 0 unspecified atom stereocenters. The minimum absolute atomic E-state index is 0.0319. The van der Waals surface area contributed by atoms with Crippen LogP contribution in [0.1, 0.15) is 24.7 Å². The van der Waals surface area contributed by atoms with Gasteiger partial charge in [-0.3, -0.25) is 9.48 Å². The Hall–Kier alpha value is -1.71. The lowest BCUT2D eigenvalue weighted by molar-refractivity contribution is -0.146. The molecule has 1 aromatic heterocycles. The number of carbonyl (C=O) groups is 2. The van der Waals surface area contributed by atoms with Gasteiger partial charge in [-0.2, -0.15) is 30.9 Å². The number of esters is 1. The number of hydrogen-bond donors (Lipinski definition) is 2. The summed E-state index contributed by atoms with van der Waals surface area (Å²) in [6.07, 6.45) is -4.65. The van der Waals surface area contributed by atoms with Crippen LogP contribution in [0.3, 0.4) is 0 Å². The first kappa shape index (κ1) is 19.3. The topological polar surface area (TPSA) is 73.2 Å². The van der Waals surface area contributed by atoms with Crippen molar-refractivity contribution in [2.24, 2.45) is 0 Å². The molecule has 1 rings (SSSR count). The monoisotopic (exact) mass is 353 g/mol. The van der Waals surface area contributed by atoms with Crippen molar-refractivity contribution in [2.45, 2.75) is 39.0 Å². The SMILES string of the molecule is CCOC(=O)[C@H](CS)NC(=O)CCn1nc(C(F)(F)F)cc1C. The summed E-state index contributed by atoms with van der Waals surface area (Å²) in [6.45, 7) is 3.24. The average molecular weight is 353 g/mol. The quantitative estimate of drug-likeness (QED) is 0.577. The minimum Gasteiger partial charge on any atom is -0.464 e. The number of hydrogen-bond acceptors (Lipinski definition) is 5. The normalized spacial score (nSPS) is 12.8. The zero-order chi connectivity index (χ0) is 17.6. The maximum atomic E-state index is 12.5. The van der Waals surface area contributed by atoms with E-state index >= 15 is 0 Å². The third-order valence-electron chi connectivity index (χ3n) is 2.91. The van der Waals surface area contributed by atoms with E-state index in [1.165, 1.54) is 6.92 Å². The Bertz CT molecular complexity index is 560. The Morgan fingerprint density at radius 2 is 2.13 bits per heavy atom. The molecule has 1 heterocycles. The van der Waals surface area contributed by atoms with Crippen LogP contribution in [0.2, 0.25) is 0 Å². The van der Waals surface area contributed by atoms with Crippen LogP contribution >= 0.6 is 12.6 Å². The van der Waals surface area contributed by atoms with Crippen LogP contribution in [-0.4, -0.2) is 40.1 Å². The van der Waals surface area contributed by atoms with Gasteiger partial charge >= 0.3 is 12.1 Å². The highest BCUT2D eigenvalue weighted by atomic mass is 32.1. The second kappa shape index (κ2) is 8.23. The van der Waals surface area contributed by atoms with E-state index in [9.17, 15) is 22.8 Å². The predicted octanol–water partition coefficient (Wildman–Crippen LogP) is 1.58. The fourth-order valence-electron chi connectivity index (χ4n) is 1.77. The van der Waals surface area contributed by atoms with Crippen LogP contribution in [0.25, 0.3) is 0 Å². The van der Waals surface area contributed by atoms with Crippen molar-refractivity contribution in [2.75, 3.05) is 12.4 Å². The number of carbonyl (C=O) groups excluding carboxylic acids is 2. The predicted molar refractivity (Wildman–Crippen MR) is 79.0 cm³/mol. The molecule has 0 aromatic carbocycles. The second-order valence-electron chi connectivity index (χ2n) is 4.70. The molecule has 23 heavy (non-hydrogen) atoms. The number of halogens is 3. The van der Waals surface area contributed by atoms with E-state index in [4.69, 9.17) is 4.74 Å². The standard InChI is InChI=1S/C13H18F3N3O3S/c1-3-22-12(21)9(7-23)17-11(20)4-5-19-8(2)6-10(18-19)13(14,15)16/h6,9,23H,3-5,7H2,1-2H3,(H,17,20)/t9-/m0/s1. The highest BCUT2D eigenvalue weighted by molar-refractivity contribution is 7.80. The largest absolute Gasteiger partial charge is 0.464 e. The molecule has 6 nitrogen and oxygen atoms in total. The van der Waals surface area contributed by atoms with Gasteiger partial charge in [0.25, 0.3) is 0 Å². The van der Waals surface area contributed by atoms with Crippen molar-refractivity contribution in [3.63, 3.8) is 0 Å². The molecular formula is C13H18F3N3O3S. The Balaban J connectivity index is 2.59. The Kier molecular flexibility index (Phi) is 6.92. The lowest BCUT2D eigenvalue weighted by atomic mass is 10.3. The Morgan fingerprint density at radius 3 is 2.61 bits per heavy atom. The van der Waals surface area contributed by atoms with Crippen LogP contribution in [0.15, 0.2) is 6.07 Å². The maximum Gasteiger partial charge on any atom is 0.435 e. The van der Waals surface area contributed by atoms with Gasteiger partial charge in [0.05, 0.1) is 6.61 Å². The number of aromatic nitrogens is 2. The van der Waals surface area contributed by atoms with E-state index in [-0.39, 0.29) is 25.3 Å². The minimum atomic E-state index is -4.53. The number of rotatable bonds is 7. The van der Waals surface area contributed by atoms with Crippen LogP contribution in [0.5, 0.6) is 0 Å². The molecule has 0 fully saturated rings. The molecule has 1 N–H and O–H groups in total. The molecule has 0 radical (unpaired) electrons. The van der Waals surface area contributed by atoms with Gasteiger partial charge in [0.15, 0.2) is 5.69 Å². The van der Waals surface area contributed by atoms with Gasteiger partial charge in [-0.05, 0) is 19.9 Å². The van der Waals surface area contributed by atoms with E-state index in [1.54, 1.807) is 6.92 Å². The van der Waals surface area contributed by atoms with Crippen LogP contribution in [0.4, 0.5) is 13.2 Å². The third kappa shape index (κ3) is 5.77. The van der Waals surface area contributed by atoms with E-state index < -0.39 is 29.8 Å². The van der Waals surface area contributed by atoms with E-state index in [1.807, 2.05) is 0 Å². The molecule has 1 aromatic rings.